The number of hydrogen-bond donors (Lipinski definition) is 2. The van der Waals surface area contributed by atoms with Gasteiger partial charge in [-0.05, 0) is 44.2 Å². The third-order valence-corrected chi connectivity index (χ3v) is 3.34. The van der Waals surface area contributed by atoms with Gasteiger partial charge < -0.3 is 24.1 Å². The van der Waals surface area contributed by atoms with Gasteiger partial charge in [-0.1, -0.05) is 5.16 Å². The van der Waals surface area contributed by atoms with Crippen molar-refractivity contribution in [3.63, 3.8) is 0 Å². The number of anilines is 1. The van der Waals surface area contributed by atoms with Crippen LogP contribution in [0.5, 0.6) is 5.75 Å². The first-order chi connectivity index (χ1) is 12.4. The van der Waals surface area contributed by atoms with Crippen molar-refractivity contribution in [2.24, 2.45) is 0 Å². The third kappa shape index (κ3) is 3.75. The van der Waals surface area contributed by atoms with Gasteiger partial charge in [0.1, 0.15) is 5.75 Å². The highest BCUT2D eigenvalue weighted by Crippen LogP contribution is 2.28. The van der Waals surface area contributed by atoms with Gasteiger partial charge in [0.25, 0.3) is 5.91 Å². The first-order valence-corrected chi connectivity index (χ1v) is 7.80. The van der Waals surface area contributed by atoms with Gasteiger partial charge in [-0.3, -0.25) is 4.79 Å². The number of nitrogens with one attached hydrogen (secondary N) is 1. The van der Waals surface area contributed by atoms with Gasteiger partial charge in [0.2, 0.25) is 5.76 Å². The molecular weight excluding hydrogens is 340 g/mol. The number of rotatable bonds is 6. The van der Waals surface area contributed by atoms with Gasteiger partial charge in [-0.25, -0.2) is 4.79 Å². The van der Waals surface area contributed by atoms with E-state index in [1.807, 2.05) is 13.8 Å². The first kappa shape index (κ1) is 17.3. The molecule has 8 heteroatoms. The molecule has 2 heterocycles. The lowest BCUT2D eigenvalue weighted by atomic mass is 10.1. The summed E-state index contributed by atoms with van der Waals surface area (Å²) in [6.45, 7) is 3.65. The Morgan fingerprint density at radius 1 is 1.19 bits per heavy atom. The maximum Gasteiger partial charge on any atom is 0.335 e. The molecule has 3 rings (SSSR count). The fourth-order valence-corrected chi connectivity index (χ4v) is 2.22. The van der Waals surface area contributed by atoms with Gasteiger partial charge >= 0.3 is 5.97 Å². The zero-order chi connectivity index (χ0) is 18.7. The molecule has 0 saturated carbocycles. The zero-order valence-electron chi connectivity index (χ0n) is 14.1. The number of benzene rings is 1. The Hall–Kier alpha value is -3.55. The highest BCUT2D eigenvalue weighted by Gasteiger charge is 2.18. The fourth-order valence-electron chi connectivity index (χ4n) is 2.22. The summed E-state index contributed by atoms with van der Waals surface area (Å²) in [5.74, 6) is -0.583. The van der Waals surface area contributed by atoms with Crippen molar-refractivity contribution >= 4 is 17.6 Å². The van der Waals surface area contributed by atoms with E-state index in [0.717, 1.165) is 0 Å². The van der Waals surface area contributed by atoms with Crippen LogP contribution >= 0.6 is 0 Å². The van der Waals surface area contributed by atoms with Crippen LogP contribution in [-0.4, -0.2) is 28.2 Å². The number of amides is 1. The average molecular weight is 356 g/mol. The molecule has 8 nitrogen and oxygen atoms in total. The molecule has 0 aliphatic rings. The molecule has 0 spiro atoms. The molecule has 0 fully saturated rings. The van der Waals surface area contributed by atoms with Crippen molar-refractivity contribution < 1.29 is 28.4 Å². The number of carboxylic acids is 1. The summed E-state index contributed by atoms with van der Waals surface area (Å²) >= 11 is 0. The van der Waals surface area contributed by atoms with Crippen LogP contribution in [-0.2, 0) is 0 Å². The second kappa shape index (κ2) is 7.14. The molecule has 0 atom stereocenters. The summed E-state index contributed by atoms with van der Waals surface area (Å²) in [7, 11) is 0. The van der Waals surface area contributed by atoms with Gasteiger partial charge in [0.15, 0.2) is 11.5 Å². The van der Waals surface area contributed by atoms with Crippen LogP contribution in [0.2, 0.25) is 0 Å². The van der Waals surface area contributed by atoms with Crippen LogP contribution in [0.1, 0.15) is 34.7 Å². The van der Waals surface area contributed by atoms with Crippen molar-refractivity contribution in [3.8, 4) is 17.3 Å². The van der Waals surface area contributed by atoms with E-state index in [4.69, 9.17) is 18.8 Å². The number of ether oxygens (including phenoxy) is 1. The summed E-state index contributed by atoms with van der Waals surface area (Å²) in [4.78, 5) is 23.6. The Kier molecular flexibility index (Phi) is 4.74. The minimum atomic E-state index is -1.11. The van der Waals surface area contributed by atoms with E-state index in [2.05, 4.69) is 10.5 Å². The highest BCUT2D eigenvalue weighted by molar-refractivity contribution is 6.04. The second-order valence-corrected chi connectivity index (χ2v) is 5.69. The van der Waals surface area contributed by atoms with E-state index in [-0.39, 0.29) is 23.0 Å². The second-order valence-electron chi connectivity index (χ2n) is 5.69. The smallest absolute Gasteiger partial charge is 0.335 e. The number of carbonyl (C=O) groups excluding carboxylic acids is 1. The third-order valence-electron chi connectivity index (χ3n) is 3.34. The number of hydrogen-bond acceptors (Lipinski definition) is 6. The van der Waals surface area contributed by atoms with E-state index in [1.54, 1.807) is 12.1 Å². The standard InChI is InChI=1S/C18H16N2O6/c1-10(2)25-14-6-5-11(18(22)23)8-12(14)19-17(21)13-9-16(26-20-13)15-4-3-7-24-15/h3-10H,1-2H3,(H,19,21)(H,22,23). The summed E-state index contributed by atoms with van der Waals surface area (Å²) < 4.78 is 15.9. The van der Waals surface area contributed by atoms with Crippen molar-refractivity contribution in [3.05, 3.63) is 53.9 Å². The number of carbonyl (C=O) groups is 2. The molecule has 0 unspecified atom stereocenters. The molecule has 134 valence electrons. The Morgan fingerprint density at radius 2 is 2.00 bits per heavy atom. The Morgan fingerprint density at radius 3 is 2.65 bits per heavy atom. The minimum Gasteiger partial charge on any atom is -0.489 e. The molecule has 26 heavy (non-hydrogen) atoms. The van der Waals surface area contributed by atoms with Gasteiger partial charge in [-0.2, -0.15) is 0 Å². The number of carboxylic acid groups (broad SMARTS) is 1. The number of aromatic carboxylic acids is 1. The number of furan rings is 1. The molecule has 2 aromatic heterocycles. The summed E-state index contributed by atoms with van der Waals surface area (Å²) in [5, 5.41) is 15.5. The molecule has 0 bridgehead atoms. The highest BCUT2D eigenvalue weighted by atomic mass is 16.5. The van der Waals surface area contributed by atoms with Crippen molar-refractivity contribution in [1.82, 2.24) is 5.16 Å². The predicted molar refractivity (Wildman–Crippen MR) is 91.3 cm³/mol. The molecule has 1 aromatic carbocycles. The van der Waals surface area contributed by atoms with Crippen LogP contribution in [0.25, 0.3) is 11.5 Å². The SMILES string of the molecule is CC(C)Oc1ccc(C(=O)O)cc1NC(=O)c1cc(-c2ccco2)on1. The molecule has 0 aliphatic heterocycles. The van der Waals surface area contributed by atoms with Crippen LogP contribution in [0.3, 0.4) is 0 Å². The Balaban J connectivity index is 1.86. The predicted octanol–water partition coefficient (Wildman–Crippen LogP) is 3.67. The molecule has 3 aromatic rings. The minimum absolute atomic E-state index is 0.0209. The zero-order valence-corrected chi connectivity index (χ0v) is 14.1. The maximum atomic E-state index is 12.4. The monoisotopic (exact) mass is 356 g/mol. The van der Waals surface area contributed by atoms with E-state index in [1.165, 1.54) is 30.5 Å². The largest absolute Gasteiger partial charge is 0.489 e. The average Bonchev–Trinajstić information content (AvgIpc) is 3.27. The summed E-state index contributed by atoms with van der Waals surface area (Å²) in [5.41, 5.74) is 0.270. The van der Waals surface area contributed by atoms with Crippen LogP contribution in [0.4, 0.5) is 5.69 Å². The molecule has 0 radical (unpaired) electrons. The van der Waals surface area contributed by atoms with Gasteiger partial charge in [-0.15, -0.1) is 0 Å². The first-order valence-electron chi connectivity index (χ1n) is 7.80. The summed E-state index contributed by atoms with van der Waals surface area (Å²) in [6.07, 6.45) is 1.32. The number of nitrogens with zero attached hydrogens (tertiary/aromatic N) is 1. The van der Waals surface area contributed by atoms with Crippen LogP contribution in [0, 0.1) is 0 Å². The molecule has 0 aliphatic carbocycles. The van der Waals surface area contributed by atoms with Crippen LogP contribution < -0.4 is 10.1 Å². The lowest BCUT2D eigenvalue weighted by Crippen LogP contribution is -2.15. The normalized spacial score (nSPS) is 10.7. The van der Waals surface area contributed by atoms with Crippen LogP contribution in [0.15, 0.2) is 51.6 Å². The van der Waals surface area contributed by atoms with Gasteiger partial charge in [0.05, 0.1) is 23.6 Å². The fraction of sp³-hybridized carbons (Fsp3) is 0.167. The Labute approximate surface area is 148 Å². The van der Waals surface area contributed by atoms with Crippen molar-refractivity contribution in [1.29, 1.82) is 0 Å². The van der Waals surface area contributed by atoms with E-state index in [0.29, 0.717) is 17.3 Å². The van der Waals surface area contributed by atoms with Crippen molar-refractivity contribution in [2.45, 2.75) is 20.0 Å². The molecule has 1 amide bonds. The maximum absolute atomic E-state index is 12.4. The summed E-state index contributed by atoms with van der Waals surface area (Å²) in [6, 6.07) is 9.01. The lowest BCUT2D eigenvalue weighted by molar-refractivity contribution is 0.0696. The van der Waals surface area contributed by atoms with Crippen molar-refractivity contribution in [2.75, 3.05) is 5.32 Å². The lowest BCUT2D eigenvalue weighted by Gasteiger charge is -2.15. The molecular formula is C18H16N2O6. The van der Waals surface area contributed by atoms with E-state index in [9.17, 15) is 9.59 Å². The van der Waals surface area contributed by atoms with Gasteiger partial charge in [0, 0.05) is 6.07 Å². The quantitative estimate of drug-likeness (QED) is 0.692. The Bertz CT molecular complexity index is 927. The topological polar surface area (TPSA) is 115 Å². The molecule has 2 N–H and O–H groups in total. The van der Waals surface area contributed by atoms with E-state index >= 15 is 0 Å². The molecule has 0 saturated heterocycles. The number of aromatic nitrogens is 1. The van der Waals surface area contributed by atoms with E-state index < -0.39 is 11.9 Å².